The fourth-order valence-electron chi connectivity index (χ4n) is 2.80. The zero-order valence-electron chi connectivity index (χ0n) is 12.3. The third kappa shape index (κ3) is 1.80. The third-order valence-electron chi connectivity index (χ3n) is 3.84. The highest BCUT2D eigenvalue weighted by atomic mass is 32.1. The van der Waals surface area contributed by atoms with Crippen LogP contribution in [0.3, 0.4) is 0 Å². The summed E-state index contributed by atoms with van der Waals surface area (Å²) < 4.78 is 1.37. The van der Waals surface area contributed by atoms with E-state index in [2.05, 4.69) is 28.9 Å². The highest BCUT2D eigenvalue weighted by Gasteiger charge is 2.17. The number of benzene rings is 1. The van der Waals surface area contributed by atoms with E-state index in [1.54, 1.807) is 11.3 Å². The molecule has 110 valence electrons. The number of aromatic nitrogens is 4. The quantitative estimate of drug-likeness (QED) is 0.618. The van der Waals surface area contributed by atoms with Crippen molar-refractivity contribution in [3.63, 3.8) is 0 Å². The third-order valence-corrected chi connectivity index (χ3v) is 4.90. The molecular formula is C16H14N4OS. The summed E-state index contributed by atoms with van der Waals surface area (Å²) in [4.78, 5) is 21.9. The number of nitrogens with one attached hydrogen (secondary N) is 1. The molecule has 0 saturated carbocycles. The standard InChI is InChI=1S/C16H14N4OS/c1-3-11-9(2)22-15-12(11)14-17-13(10-7-5-4-6-8-10)19-20(14)16(21)18-15/h4-8H,3H2,1-2H3,(H,18,21). The number of fused-ring (bicyclic) bond motifs is 3. The van der Waals surface area contributed by atoms with E-state index < -0.39 is 0 Å². The van der Waals surface area contributed by atoms with Gasteiger partial charge in [-0.2, -0.15) is 4.52 Å². The highest BCUT2D eigenvalue weighted by Crippen LogP contribution is 2.31. The molecule has 3 heterocycles. The Morgan fingerprint density at radius 1 is 1.27 bits per heavy atom. The van der Waals surface area contributed by atoms with Crippen LogP contribution in [0.2, 0.25) is 0 Å². The molecule has 1 N–H and O–H groups in total. The predicted octanol–water partition coefficient (Wildman–Crippen LogP) is 3.17. The topological polar surface area (TPSA) is 63.0 Å². The van der Waals surface area contributed by atoms with Gasteiger partial charge in [0.15, 0.2) is 11.5 Å². The number of thiophene rings is 1. The fourth-order valence-corrected chi connectivity index (χ4v) is 3.93. The second-order valence-electron chi connectivity index (χ2n) is 5.16. The summed E-state index contributed by atoms with van der Waals surface area (Å²) in [6, 6.07) is 9.71. The van der Waals surface area contributed by atoms with Gasteiger partial charge in [-0.15, -0.1) is 16.4 Å². The number of rotatable bonds is 2. The Labute approximate surface area is 130 Å². The lowest BCUT2D eigenvalue weighted by atomic mass is 10.1. The zero-order chi connectivity index (χ0) is 15.3. The first kappa shape index (κ1) is 13.2. The van der Waals surface area contributed by atoms with Crippen LogP contribution in [0.5, 0.6) is 0 Å². The van der Waals surface area contributed by atoms with Crippen molar-refractivity contribution < 1.29 is 0 Å². The lowest BCUT2D eigenvalue weighted by Crippen LogP contribution is -2.17. The average Bonchev–Trinajstić information content (AvgIpc) is 3.09. The Kier molecular flexibility index (Phi) is 2.87. The van der Waals surface area contributed by atoms with Gasteiger partial charge in [-0.25, -0.2) is 9.78 Å². The van der Waals surface area contributed by atoms with Crippen LogP contribution < -0.4 is 5.69 Å². The first-order chi connectivity index (χ1) is 10.7. The van der Waals surface area contributed by atoms with E-state index in [1.165, 1.54) is 15.0 Å². The average molecular weight is 310 g/mol. The molecule has 0 radical (unpaired) electrons. The van der Waals surface area contributed by atoms with E-state index in [0.29, 0.717) is 11.5 Å². The predicted molar refractivity (Wildman–Crippen MR) is 88.5 cm³/mol. The van der Waals surface area contributed by atoms with Gasteiger partial charge in [-0.1, -0.05) is 37.3 Å². The molecule has 0 bridgehead atoms. The minimum absolute atomic E-state index is 0.249. The normalized spacial score (nSPS) is 11.5. The first-order valence-corrected chi connectivity index (χ1v) is 7.97. The van der Waals surface area contributed by atoms with Gasteiger partial charge in [0.1, 0.15) is 4.83 Å². The number of hydrogen-bond acceptors (Lipinski definition) is 4. The van der Waals surface area contributed by atoms with Gasteiger partial charge in [-0.3, -0.25) is 4.98 Å². The maximum absolute atomic E-state index is 12.3. The lowest BCUT2D eigenvalue weighted by molar-refractivity contribution is 0.886. The van der Waals surface area contributed by atoms with Crippen molar-refractivity contribution in [2.24, 2.45) is 0 Å². The van der Waals surface area contributed by atoms with E-state index >= 15 is 0 Å². The Morgan fingerprint density at radius 2 is 2.05 bits per heavy atom. The van der Waals surface area contributed by atoms with Crippen molar-refractivity contribution >= 4 is 27.2 Å². The molecule has 22 heavy (non-hydrogen) atoms. The van der Waals surface area contributed by atoms with E-state index in [-0.39, 0.29) is 5.69 Å². The van der Waals surface area contributed by atoms with Crippen LogP contribution in [-0.4, -0.2) is 19.6 Å². The van der Waals surface area contributed by atoms with Crippen molar-refractivity contribution in [2.45, 2.75) is 20.3 Å². The number of aromatic amines is 1. The Bertz CT molecular complexity index is 1040. The minimum atomic E-state index is -0.249. The summed E-state index contributed by atoms with van der Waals surface area (Å²) in [5.41, 5.74) is 2.52. The molecule has 1 aromatic carbocycles. The number of nitrogens with zero attached hydrogens (tertiary/aromatic N) is 3. The minimum Gasteiger partial charge on any atom is -0.297 e. The summed E-state index contributed by atoms with van der Waals surface area (Å²) in [7, 11) is 0. The molecule has 4 rings (SSSR count). The van der Waals surface area contributed by atoms with E-state index in [1.807, 2.05) is 30.3 Å². The largest absolute Gasteiger partial charge is 0.349 e. The maximum Gasteiger partial charge on any atom is 0.349 e. The molecule has 0 aliphatic heterocycles. The van der Waals surface area contributed by atoms with Gasteiger partial charge < -0.3 is 0 Å². The molecule has 0 saturated heterocycles. The summed E-state index contributed by atoms with van der Waals surface area (Å²) in [6.07, 6.45) is 0.904. The summed E-state index contributed by atoms with van der Waals surface area (Å²) in [6.45, 7) is 4.19. The second-order valence-corrected chi connectivity index (χ2v) is 6.39. The van der Waals surface area contributed by atoms with E-state index in [9.17, 15) is 4.79 Å². The Morgan fingerprint density at radius 3 is 2.77 bits per heavy atom. The SMILES string of the molecule is CCc1c(C)sc2[nH]c(=O)n3nc(-c4ccccc4)nc3c12. The van der Waals surface area contributed by atoms with Crippen molar-refractivity contribution in [1.82, 2.24) is 19.6 Å². The molecule has 6 heteroatoms. The molecule has 0 amide bonds. The highest BCUT2D eigenvalue weighted by molar-refractivity contribution is 7.18. The molecule has 0 aliphatic rings. The molecule has 0 spiro atoms. The van der Waals surface area contributed by atoms with Crippen LogP contribution in [0.1, 0.15) is 17.4 Å². The van der Waals surface area contributed by atoms with E-state index in [0.717, 1.165) is 22.2 Å². The number of H-pyrrole nitrogens is 1. The van der Waals surface area contributed by atoms with Crippen LogP contribution in [0.15, 0.2) is 35.1 Å². The molecular weight excluding hydrogens is 296 g/mol. The monoisotopic (exact) mass is 310 g/mol. The Balaban J connectivity index is 2.12. The van der Waals surface area contributed by atoms with Gasteiger partial charge in [-0.05, 0) is 18.9 Å². The van der Waals surface area contributed by atoms with Crippen LogP contribution >= 0.6 is 11.3 Å². The smallest absolute Gasteiger partial charge is 0.297 e. The summed E-state index contributed by atoms with van der Waals surface area (Å²) in [5.74, 6) is 0.574. The van der Waals surface area contributed by atoms with Crippen molar-refractivity contribution in [2.75, 3.05) is 0 Å². The summed E-state index contributed by atoms with van der Waals surface area (Å²) >= 11 is 1.60. The number of hydrogen-bond donors (Lipinski definition) is 1. The van der Waals surface area contributed by atoms with Gasteiger partial charge in [0, 0.05) is 10.4 Å². The Hall–Kier alpha value is -2.47. The van der Waals surface area contributed by atoms with Gasteiger partial charge in [0.05, 0.1) is 5.39 Å². The van der Waals surface area contributed by atoms with Gasteiger partial charge >= 0.3 is 5.69 Å². The van der Waals surface area contributed by atoms with Gasteiger partial charge in [0.25, 0.3) is 0 Å². The van der Waals surface area contributed by atoms with E-state index in [4.69, 9.17) is 0 Å². The summed E-state index contributed by atoms with van der Waals surface area (Å²) in [5, 5.41) is 5.40. The first-order valence-electron chi connectivity index (χ1n) is 7.15. The molecule has 0 atom stereocenters. The molecule has 0 fully saturated rings. The second kappa shape index (κ2) is 4.78. The maximum atomic E-state index is 12.3. The van der Waals surface area contributed by atoms with Crippen molar-refractivity contribution in [3.05, 3.63) is 51.3 Å². The molecule has 0 unspecified atom stereocenters. The van der Waals surface area contributed by atoms with Crippen LogP contribution in [0.25, 0.3) is 27.3 Å². The van der Waals surface area contributed by atoms with Gasteiger partial charge in [0.2, 0.25) is 0 Å². The van der Waals surface area contributed by atoms with Crippen LogP contribution in [-0.2, 0) is 6.42 Å². The molecule has 0 aliphatic carbocycles. The van der Waals surface area contributed by atoms with Crippen molar-refractivity contribution in [1.29, 1.82) is 0 Å². The molecule has 4 aromatic rings. The van der Waals surface area contributed by atoms with Crippen LogP contribution in [0.4, 0.5) is 0 Å². The zero-order valence-corrected chi connectivity index (χ0v) is 13.1. The van der Waals surface area contributed by atoms with Crippen LogP contribution in [0, 0.1) is 6.92 Å². The molecule has 5 nitrogen and oxygen atoms in total. The fraction of sp³-hybridized carbons (Fsp3) is 0.188. The number of aryl methyl sites for hydroxylation is 2. The lowest BCUT2D eigenvalue weighted by Gasteiger charge is -1.97. The van der Waals surface area contributed by atoms with Crippen molar-refractivity contribution in [3.8, 4) is 11.4 Å². The molecule has 3 aromatic heterocycles.